The number of ether oxygens (including phenoxy) is 4. The first-order chi connectivity index (χ1) is 10.9. The molecule has 22 heavy (non-hydrogen) atoms. The molecule has 0 amide bonds. The highest BCUT2D eigenvalue weighted by atomic mass is 16.5. The van der Waals surface area contributed by atoms with Crippen molar-refractivity contribution in [2.45, 2.75) is 19.3 Å². The van der Waals surface area contributed by atoms with Crippen molar-refractivity contribution in [3.05, 3.63) is 0 Å². The van der Waals surface area contributed by atoms with Crippen LogP contribution in [0.2, 0.25) is 0 Å². The van der Waals surface area contributed by atoms with Crippen molar-refractivity contribution in [2.24, 2.45) is 5.73 Å². The molecule has 0 aliphatic heterocycles. The molecule has 0 atom stereocenters. The van der Waals surface area contributed by atoms with Gasteiger partial charge >= 0.3 is 0 Å². The molecule has 0 rings (SSSR count). The van der Waals surface area contributed by atoms with Crippen molar-refractivity contribution in [2.75, 3.05) is 72.5 Å². The molecule has 0 radical (unpaired) electrons. The molecule has 0 saturated heterocycles. The summed E-state index contributed by atoms with van der Waals surface area (Å²) in [5, 5.41) is 3.35. The zero-order valence-electron chi connectivity index (χ0n) is 13.6. The number of hydrogen-bond donors (Lipinski definition) is 2. The van der Waals surface area contributed by atoms with Crippen molar-refractivity contribution in [1.82, 2.24) is 5.32 Å². The highest BCUT2D eigenvalue weighted by Gasteiger charge is 1.93. The van der Waals surface area contributed by atoms with Crippen LogP contribution in [0.25, 0.3) is 0 Å². The molecule has 7 nitrogen and oxygen atoms in total. The van der Waals surface area contributed by atoms with Crippen molar-refractivity contribution < 1.29 is 23.7 Å². The van der Waals surface area contributed by atoms with E-state index in [1.165, 1.54) is 0 Å². The minimum atomic E-state index is 0.132. The average molecular weight is 320 g/mol. The smallest absolute Gasteiger partial charge is 0.145 e. The molecule has 132 valence electrons. The van der Waals surface area contributed by atoms with Gasteiger partial charge in [0, 0.05) is 19.8 Å². The molecule has 0 saturated carbocycles. The summed E-state index contributed by atoms with van der Waals surface area (Å²) in [6.45, 7) is 7.09. The maximum Gasteiger partial charge on any atom is 0.145 e. The number of carbonyl (C=O) groups is 1. The van der Waals surface area contributed by atoms with Gasteiger partial charge in [0.05, 0.1) is 26.4 Å². The molecule has 0 fully saturated rings. The zero-order chi connectivity index (χ0) is 16.1. The molecule has 0 aromatic carbocycles. The minimum absolute atomic E-state index is 0.132. The average Bonchev–Trinajstić information content (AvgIpc) is 2.54. The quantitative estimate of drug-likeness (QED) is 0.255. The van der Waals surface area contributed by atoms with E-state index in [2.05, 4.69) is 5.32 Å². The van der Waals surface area contributed by atoms with Crippen LogP contribution < -0.4 is 11.1 Å². The Bertz CT molecular complexity index is 220. The number of hydrogen-bond acceptors (Lipinski definition) is 7. The van der Waals surface area contributed by atoms with Crippen LogP contribution >= 0.6 is 0 Å². The van der Waals surface area contributed by atoms with Gasteiger partial charge < -0.3 is 34.8 Å². The van der Waals surface area contributed by atoms with E-state index in [0.29, 0.717) is 33.0 Å². The lowest BCUT2D eigenvalue weighted by Gasteiger charge is -2.07. The van der Waals surface area contributed by atoms with Crippen molar-refractivity contribution in [1.29, 1.82) is 0 Å². The number of carbonyl (C=O) groups excluding carboxylic acids is 1. The topological polar surface area (TPSA) is 92.0 Å². The van der Waals surface area contributed by atoms with E-state index in [1.807, 2.05) is 0 Å². The van der Waals surface area contributed by atoms with Gasteiger partial charge in [-0.1, -0.05) is 0 Å². The van der Waals surface area contributed by atoms with Gasteiger partial charge in [-0.3, -0.25) is 0 Å². The second-order valence-corrected chi connectivity index (χ2v) is 4.68. The maximum atomic E-state index is 9.98. The second kappa shape index (κ2) is 20.4. The SMILES string of the molecule is NCCCOCCCNCCCOCCOCCOCC=O. The molecule has 3 N–H and O–H groups in total. The van der Waals surface area contributed by atoms with Gasteiger partial charge in [-0.05, 0) is 38.9 Å². The van der Waals surface area contributed by atoms with Crippen molar-refractivity contribution in [3.8, 4) is 0 Å². The Labute approximate surface area is 133 Å². The van der Waals surface area contributed by atoms with Gasteiger partial charge in [0.25, 0.3) is 0 Å². The van der Waals surface area contributed by atoms with Gasteiger partial charge in [0.2, 0.25) is 0 Å². The Hall–Kier alpha value is -0.570. The summed E-state index contributed by atoms with van der Waals surface area (Å²) in [6.07, 6.45) is 3.66. The van der Waals surface area contributed by atoms with Gasteiger partial charge in [0.15, 0.2) is 0 Å². The monoisotopic (exact) mass is 320 g/mol. The highest BCUT2D eigenvalue weighted by Crippen LogP contribution is 1.86. The largest absolute Gasteiger partial charge is 0.381 e. The van der Waals surface area contributed by atoms with Crippen LogP contribution in [0, 0.1) is 0 Å². The maximum absolute atomic E-state index is 9.98. The molecule has 0 aromatic rings. The highest BCUT2D eigenvalue weighted by molar-refractivity contribution is 5.50. The van der Waals surface area contributed by atoms with E-state index in [1.54, 1.807) is 0 Å². The first-order valence-corrected chi connectivity index (χ1v) is 8.07. The summed E-state index contributed by atoms with van der Waals surface area (Å²) in [5.41, 5.74) is 5.37. The Balaban J connectivity index is 2.92. The Morgan fingerprint density at radius 3 is 1.82 bits per heavy atom. The standard InChI is InChI=1S/C15H32N2O5/c16-4-1-8-19-9-2-5-17-6-3-10-20-12-14-22-15-13-21-11-7-18/h7,17H,1-6,8-16H2. The van der Waals surface area contributed by atoms with E-state index >= 15 is 0 Å². The molecule has 0 unspecified atom stereocenters. The molecule has 0 aliphatic rings. The predicted molar refractivity (Wildman–Crippen MR) is 85.1 cm³/mol. The third-order valence-electron chi connectivity index (χ3n) is 2.71. The van der Waals surface area contributed by atoms with E-state index in [-0.39, 0.29) is 6.61 Å². The van der Waals surface area contributed by atoms with Crippen molar-refractivity contribution >= 4 is 6.29 Å². The van der Waals surface area contributed by atoms with Crippen LogP contribution in [0.15, 0.2) is 0 Å². The number of nitrogens with one attached hydrogen (secondary N) is 1. The van der Waals surface area contributed by atoms with E-state index in [0.717, 1.165) is 58.5 Å². The van der Waals surface area contributed by atoms with Crippen LogP contribution in [-0.2, 0) is 23.7 Å². The Morgan fingerprint density at radius 2 is 1.23 bits per heavy atom. The molecular formula is C15H32N2O5. The van der Waals surface area contributed by atoms with E-state index in [9.17, 15) is 4.79 Å². The predicted octanol–water partition coefficient (Wildman–Crippen LogP) is -0.0297. The lowest BCUT2D eigenvalue weighted by Crippen LogP contribution is -2.20. The third-order valence-corrected chi connectivity index (χ3v) is 2.71. The summed E-state index contributed by atoms with van der Waals surface area (Å²) in [7, 11) is 0. The zero-order valence-corrected chi connectivity index (χ0v) is 13.6. The van der Waals surface area contributed by atoms with E-state index < -0.39 is 0 Å². The molecule has 0 bridgehead atoms. The number of rotatable bonds is 19. The van der Waals surface area contributed by atoms with E-state index in [4.69, 9.17) is 24.7 Å². The first kappa shape index (κ1) is 21.4. The number of nitrogens with two attached hydrogens (primary N) is 1. The summed E-state index contributed by atoms with van der Waals surface area (Å²) >= 11 is 0. The van der Waals surface area contributed by atoms with Crippen LogP contribution in [0.3, 0.4) is 0 Å². The number of aldehydes is 1. The van der Waals surface area contributed by atoms with Crippen LogP contribution in [0.1, 0.15) is 19.3 Å². The van der Waals surface area contributed by atoms with Gasteiger partial charge in [-0.25, -0.2) is 0 Å². The fraction of sp³-hybridized carbons (Fsp3) is 0.933. The fourth-order valence-corrected chi connectivity index (χ4v) is 1.58. The Kier molecular flexibility index (Phi) is 19.9. The fourth-order valence-electron chi connectivity index (χ4n) is 1.58. The second-order valence-electron chi connectivity index (χ2n) is 4.68. The lowest BCUT2D eigenvalue weighted by molar-refractivity contribution is -0.112. The summed E-state index contributed by atoms with van der Waals surface area (Å²) in [4.78, 5) is 9.98. The minimum Gasteiger partial charge on any atom is -0.381 e. The third kappa shape index (κ3) is 19.4. The van der Waals surface area contributed by atoms with Gasteiger partial charge in [0.1, 0.15) is 12.9 Å². The van der Waals surface area contributed by atoms with Crippen LogP contribution in [0.5, 0.6) is 0 Å². The molecule has 0 aromatic heterocycles. The normalized spacial score (nSPS) is 11.0. The summed E-state index contributed by atoms with van der Waals surface area (Å²) < 4.78 is 21.1. The van der Waals surface area contributed by atoms with Gasteiger partial charge in [-0.2, -0.15) is 0 Å². The lowest BCUT2D eigenvalue weighted by atomic mass is 10.4. The first-order valence-electron chi connectivity index (χ1n) is 8.07. The molecule has 0 aliphatic carbocycles. The van der Waals surface area contributed by atoms with Crippen LogP contribution in [-0.4, -0.2) is 78.8 Å². The molecular weight excluding hydrogens is 288 g/mol. The molecule has 7 heteroatoms. The molecule has 0 heterocycles. The van der Waals surface area contributed by atoms with Gasteiger partial charge in [-0.15, -0.1) is 0 Å². The molecule has 0 spiro atoms. The Morgan fingerprint density at radius 1 is 0.727 bits per heavy atom. The van der Waals surface area contributed by atoms with Crippen molar-refractivity contribution in [3.63, 3.8) is 0 Å². The summed E-state index contributed by atoms with van der Waals surface area (Å²) in [5.74, 6) is 0. The summed E-state index contributed by atoms with van der Waals surface area (Å²) in [6, 6.07) is 0. The van der Waals surface area contributed by atoms with Crippen LogP contribution in [0.4, 0.5) is 0 Å².